The van der Waals surface area contributed by atoms with Crippen molar-refractivity contribution in [3.8, 4) is 17.2 Å². The summed E-state index contributed by atoms with van der Waals surface area (Å²) in [5.74, 6) is 0.448. The zero-order valence-corrected chi connectivity index (χ0v) is 18.0. The number of aryl methyl sites for hydroxylation is 2. The second-order valence-electron chi connectivity index (χ2n) is 6.87. The Hall–Kier alpha value is -3.95. The van der Waals surface area contributed by atoms with E-state index < -0.39 is 18.0 Å². The van der Waals surface area contributed by atoms with Gasteiger partial charge in [0.25, 0.3) is 0 Å². The highest BCUT2D eigenvalue weighted by Gasteiger charge is 2.32. The lowest BCUT2D eigenvalue weighted by Crippen LogP contribution is -2.19. The Morgan fingerprint density at radius 2 is 1.88 bits per heavy atom. The number of carbonyl (C=O) groups excluding carboxylic acids is 1. The number of methoxy groups -OCH3 is 1. The first-order chi connectivity index (χ1) is 15.7. The van der Waals surface area contributed by atoms with Crippen LogP contribution in [0.4, 0.5) is 18.9 Å². The van der Waals surface area contributed by atoms with Gasteiger partial charge >= 0.3 is 6.36 Å². The second-order valence-corrected chi connectivity index (χ2v) is 6.87. The van der Waals surface area contributed by atoms with Gasteiger partial charge in [0, 0.05) is 6.08 Å². The van der Waals surface area contributed by atoms with Crippen LogP contribution in [0.3, 0.4) is 0 Å². The number of anilines is 1. The van der Waals surface area contributed by atoms with Gasteiger partial charge in [0.15, 0.2) is 17.2 Å². The average Bonchev–Trinajstić information content (AvgIpc) is 3.08. The number of alkyl halides is 3. The lowest BCUT2D eigenvalue weighted by atomic mass is 10.1. The molecule has 174 valence electrons. The van der Waals surface area contributed by atoms with Gasteiger partial charge in [0.05, 0.1) is 24.1 Å². The summed E-state index contributed by atoms with van der Waals surface area (Å²) in [5.41, 5.74) is 2.09. The number of hydrogen-bond acceptors (Lipinski definition) is 6. The van der Waals surface area contributed by atoms with Gasteiger partial charge in [-0.2, -0.15) is 0 Å². The molecule has 1 N–H and O–H groups in total. The first kappa shape index (κ1) is 23.7. The molecule has 33 heavy (non-hydrogen) atoms. The zero-order valence-electron chi connectivity index (χ0n) is 18.0. The third-order valence-corrected chi connectivity index (χ3v) is 4.54. The highest BCUT2D eigenvalue weighted by atomic mass is 19.4. The quantitative estimate of drug-likeness (QED) is 0.450. The number of hydrogen-bond donors (Lipinski definition) is 1. The molecule has 2 aromatic carbocycles. The minimum absolute atomic E-state index is 0.106. The van der Waals surface area contributed by atoms with Gasteiger partial charge in [-0.3, -0.25) is 4.79 Å². The summed E-state index contributed by atoms with van der Waals surface area (Å²) in [7, 11) is 1.48. The van der Waals surface area contributed by atoms with Crippen LogP contribution in [0, 0.1) is 13.8 Å². The van der Waals surface area contributed by atoms with E-state index in [1.54, 1.807) is 25.1 Å². The van der Waals surface area contributed by atoms with E-state index in [0.717, 1.165) is 17.3 Å². The predicted molar refractivity (Wildman–Crippen MR) is 114 cm³/mol. The minimum Gasteiger partial charge on any atom is -0.493 e. The summed E-state index contributed by atoms with van der Waals surface area (Å²) >= 11 is 0. The molecular weight excluding hydrogens is 441 g/mol. The van der Waals surface area contributed by atoms with Crippen molar-refractivity contribution in [3.05, 3.63) is 71.1 Å². The number of aromatic nitrogens is 1. The molecule has 3 rings (SSSR count). The van der Waals surface area contributed by atoms with Gasteiger partial charge in [0.2, 0.25) is 5.91 Å². The standard InChI is InChI=1S/C23H21F3N2O5/c1-14-17(15(2)33-28-14)13-31-20-10-8-16(12-21(20)30-3)9-11-22(29)27-18-6-4-5-7-19(18)32-23(24,25)26/h4-12H,13H2,1-3H3,(H,27,29)/b11-9+. The molecule has 0 spiro atoms. The molecule has 0 saturated heterocycles. The van der Waals surface area contributed by atoms with Gasteiger partial charge in [-0.15, -0.1) is 13.2 Å². The Bertz CT molecular complexity index is 1140. The van der Waals surface area contributed by atoms with Crippen molar-refractivity contribution in [3.63, 3.8) is 0 Å². The van der Waals surface area contributed by atoms with E-state index in [-0.39, 0.29) is 12.3 Å². The Morgan fingerprint density at radius 1 is 1.12 bits per heavy atom. The lowest BCUT2D eigenvalue weighted by molar-refractivity contribution is -0.274. The summed E-state index contributed by atoms with van der Waals surface area (Å²) in [6.45, 7) is 3.86. The SMILES string of the molecule is COc1cc(/C=C/C(=O)Nc2ccccc2OC(F)(F)F)ccc1OCc1c(C)noc1C. The summed E-state index contributed by atoms with van der Waals surface area (Å²) in [4.78, 5) is 12.2. The smallest absolute Gasteiger partial charge is 0.493 e. The molecule has 7 nitrogen and oxygen atoms in total. The van der Waals surface area contributed by atoms with E-state index >= 15 is 0 Å². The van der Waals surface area contributed by atoms with E-state index in [4.69, 9.17) is 14.0 Å². The molecule has 0 aliphatic heterocycles. The maximum atomic E-state index is 12.5. The normalized spacial score (nSPS) is 11.5. The van der Waals surface area contributed by atoms with E-state index in [1.165, 1.54) is 37.5 Å². The second kappa shape index (κ2) is 10.1. The van der Waals surface area contributed by atoms with Gasteiger partial charge in [-0.05, 0) is 49.8 Å². The molecule has 0 aliphatic rings. The van der Waals surface area contributed by atoms with Crippen LogP contribution in [0.1, 0.15) is 22.6 Å². The van der Waals surface area contributed by atoms with Gasteiger partial charge in [-0.1, -0.05) is 23.4 Å². The number of halogens is 3. The molecule has 0 unspecified atom stereocenters. The topological polar surface area (TPSA) is 82.8 Å². The number of carbonyl (C=O) groups is 1. The van der Waals surface area contributed by atoms with Crippen molar-refractivity contribution in [1.29, 1.82) is 0 Å². The zero-order chi connectivity index (χ0) is 24.0. The number of amides is 1. The lowest BCUT2D eigenvalue weighted by Gasteiger charge is -2.13. The molecule has 0 atom stereocenters. The van der Waals surface area contributed by atoms with Crippen molar-refractivity contribution >= 4 is 17.7 Å². The number of rotatable bonds is 8. The molecule has 0 fully saturated rings. The number of ether oxygens (including phenoxy) is 3. The summed E-state index contributed by atoms with van der Waals surface area (Å²) in [6, 6.07) is 10.3. The van der Waals surface area contributed by atoms with Gasteiger partial charge in [-0.25, -0.2) is 0 Å². The van der Waals surface area contributed by atoms with E-state index in [0.29, 0.717) is 22.8 Å². The molecule has 3 aromatic rings. The summed E-state index contributed by atoms with van der Waals surface area (Å²) in [6.07, 6.45) is -2.20. The molecule has 1 aromatic heterocycles. The maximum Gasteiger partial charge on any atom is 0.573 e. The molecule has 1 amide bonds. The fourth-order valence-electron chi connectivity index (χ4n) is 2.89. The van der Waals surface area contributed by atoms with E-state index in [2.05, 4.69) is 15.2 Å². The molecule has 10 heteroatoms. The fourth-order valence-corrected chi connectivity index (χ4v) is 2.89. The van der Waals surface area contributed by atoms with Crippen molar-refractivity contribution in [1.82, 2.24) is 5.16 Å². The van der Waals surface area contributed by atoms with Gasteiger partial charge < -0.3 is 24.1 Å². The summed E-state index contributed by atoms with van der Waals surface area (Å²) < 4.78 is 57.8. The van der Waals surface area contributed by atoms with Crippen LogP contribution in [-0.2, 0) is 11.4 Å². The van der Waals surface area contributed by atoms with Crippen molar-refractivity contribution in [2.24, 2.45) is 0 Å². The molecule has 1 heterocycles. The molecule has 0 aliphatic carbocycles. The molecule has 0 bridgehead atoms. The Kier molecular flexibility index (Phi) is 7.27. The number of nitrogens with one attached hydrogen (secondary N) is 1. The maximum absolute atomic E-state index is 12.5. The highest BCUT2D eigenvalue weighted by molar-refractivity contribution is 6.02. The fraction of sp³-hybridized carbons (Fsp3) is 0.217. The number of benzene rings is 2. The molecule has 0 radical (unpaired) electrons. The van der Waals surface area contributed by atoms with E-state index in [1.807, 2.05) is 6.92 Å². The van der Waals surface area contributed by atoms with Crippen molar-refractivity contribution in [2.45, 2.75) is 26.8 Å². The Balaban J connectivity index is 1.67. The number of nitrogens with zero attached hydrogens (tertiary/aromatic N) is 1. The van der Waals surface area contributed by atoms with Crippen LogP contribution in [0.5, 0.6) is 17.2 Å². The largest absolute Gasteiger partial charge is 0.573 e. The van der Waals surface area contributed by atoms with Crippen LogP contribution in [0.15, 0.2) is 53.1 Å². The van der Waals surface area contributed by atoms with Gasteiger partial charge in [0.1, 0.15) is 12.4 Å². The predicted octanol–water partition coefficient (Wildman–Crippen LogP) is 5.43. The number of para-hydroxylation sites is 2. The van der Waals surface area contributed by atoms with Crippen LogP contribution in [0.2, 0.25) is 0 Å². The monoisotopic (exact) mass is 462 g/mol. The first-order valence-corrected chi connectivity index (χ1v) is 9.72. The third-order valence-electron chi connectivity index (χ3n) is 4.54. The summed E-state index contributed by atoms with van der Waals surface area (Å²) in [5, 5.41) is 6.25. The molecular formula is C23H21F3N2O5. The van der Waals surface area contributed by atoms with Crippen molar-refractivity contribution < 1.29 is 36.7 Å². The Morgan fingerprint density at radius 3 is 2.55 bits per heavy atom. The van der Waals surface area contributed by atoms with E-state index in [9.17, 15) is 18.0 Å². The van der Waals surface area contributed by atoms with Crippen molar-refractivity contribution in [2.75, 3.05) is 12.4 Å². The average molecular weight is 462 g/mol. The third kappa shape index (κ3) is 6.52. The first-order valence-electron chi connectivity index (χ1n) is 9.72. The molecule has 0 saturated carbocycles. The minimum atomic E-state index is -4.87. The highest BCUT2D eigenvalue weighted by Crippen LogP contribution is 2.31. The van der Waals surface area contributed by atoms with Crippen LogP contribution >= 0.6 is 0 Å². The van der Waals surface area contributed by atoms with Crippen LogP contribution < -0.4 is 19.5 Å². The van der Waals surface area contributed by atoms with Crippen LogP contribution in [-0.4, -0.2) is 24.5 Å². The van der Waals surface area contributed by atoms with Crippen LogP contribution in [0.25, 0.3) is 6.08 Å². The Labute approximate surface area is 187 Å².